The smallest absolute Gasteiger partial charge is 0.321 e. The Balaban J connectivity index is 2.22. The maximum atomic E-state index is 11.7. The molecule has 16 heavy (non-hydrogen) atoms. The van der Waals surface area contributed by atoms with E-state index in [1.54, 1.807) is 6.08 Å². The standard InChI is InChI=1S/C12H12N2O2/c13-12(16)14-7-6-10(11(14)15)8-9-4-2-1-3-5-9/h1-5,8H,6-7H2,(H2,13,16)/b10-8-. The fourth-order valence-electron chi connectivity index (χ4n) is 1.71. The number of amides is 3. The highest BCUT2D eigenvalue weighted by molar-refractivity contribution is 6.07. The molecule has 82 valence electrons. The Morgan fingerprint density at radius 1 is 1.31 bits per heavy atom. The highest BCUT2D eigenvalue weighted by atomic mass is 16.2. The van der Waals surface area contributed by atoms with E-state index in [1.807, 2.05) is 30.3 Å². The van der Waals surface area contributed by atoms with Crippen molar-refractivity contribution in [1.29, 1.82) is 0 Å². The van der Waals surface area contributed by atoms with Crippen molar-refractivity contribution in [2.24, 2.45) is 5.73 Å². The van der Waals surface area contributed by atoms with E-state index in [1.165, 1.54) is 0 Å². The molecular weight excluding hydrogens is 204 g/mol. The number of hydrogen-bond acceptors (Lipinski definition) is 2. The Morgan fingerprint density at radius 3 is 2.56 bits per heavy atom. The van der Waals surface area contributed by atoms with Crippen LogP contribution < -0.4 is 5.73 Å². The van der Waals surface area contributed by atoms with Crippen molar-refractivity contribution in [3.63, 3.8) is 0 Å². The van der Waals surface area contributed by atoms with Crippen molar-refractivity contribution in [2.45, 2.75) is 6.42 Å². The van der Waals surface area contributed by atoms with Gasteiger partial charge in [-0.2, -0.15) is 0 Å². The first-order valence-corrected chi connectivity index (χ1v) is 5.05. The molecule has 4 heteroatoms. The maximum Gasteiger partial charge on any atom is 0.321 e. The van der Waals surface area contributed by atoms with Crippen molar-refractivity contribution in [2.75, 3.05) is 6.54 Å². The largest absolute Gasteiger partial charge is 0.351 e. The molecule has 4 nitrogen and oxygen atoms in total. The number of carbonyl (C=O) groups is 2. The van der Waals surface area contributed by atoms with E-state index >= 15 is 0 Å². The summed E-state index contributed by atoms with van der Waals surface area (Å²) in [5, 5.41) is 0. The molecule has 1 fully saturated rings. The topological polar surface area (TPSA) is 63.4 Å². The van der Waals surface area contributed by atoms with E-state index in [4.69, 9.17) is 5.73 Å². The van der Waals surface area contributed by atoms with Crippen LogP contribution >= 0.6 is 0 Å². The lowest BCUT2D eigenvalue weighted by molar-refractivity contribution is -0.122. The van der Waals surface area contributed by atoms with Gasteiger partial charge in [0.05, 0.1) is 0 Å². The van der Waals surface area contributed by atoms with Crippen LogP contribution in [0.15, 0.2) is 35.9 Å². The summed E-state index contributed by atoms with van der Waals surface area (Å²) < 4.78 is 0. The van der Waals surface area contributed by atoms with E-state index < -0.39 is 6.03 Å². The molecule has 0 bridgehead atoms. The molecule has 3 amide bonds. The lowest BCUT2D eigenvalue weighted by atomic mass is 10.1. The van der Waals surface area contributed by atoms with Gasteiger partial charge in [0.25, 0.3) is 5.91 Å². The third-order valence-corrected chi connectivity index (χ3v) is 2.53. The van der Waals surface area contributed by atoms with Gasteiger partial charge in [0.1, 0.15) is 0 Å². The predicted octanol–water partition coefficient (Wildman–Crippen LogP) is 1.38. The van der Waals surface area contributed by atoms with Gasteiger partial charge in [0, 0.05) is 12.1 Å². The zero-order valence-corrected chi connectivity index (χ0v) is 8.72. The second kappa shape index (κ2) is 4.18. The summed E-state index contributed by atoms with van der Waals surface area (Å²) in [6.07, 6.45) is 2.36. The van der Waals surface area contributed by atoms with E-state index in [2.05, 4.69) is 0 Å². The highest BCUT2D eigenvalue weighted by Crippen LogP contribution is 2.19. The Bertz CT molecular complexity index is 451. The van der Waals surface area contributed by atoms with Crippen molar-refractivity contribution < 1.29 is 9.59 Å². The number of rotatable bonds is 1. The predicted molar refractivity (Wildman–Crippen MR) is 60.3 cm³/mol. The first-order valence-electron chi connectivity index (χ1n) is 5.05. The van der Waals surface area contributed by atoms with Gasteiger partial charge in [-0.05, 0) is 18.1 Å². The van der Waals surface area contributed by atoms with Crippen LogP contribution in [0.5, 0.6) is 0 Å². The molecule has 0 radical (unpaired) electrons. The summed E-state index contributed by atoms with van der Waals surface area (Å²) in [7, 11) is 0. The van der Waals surface area contributed by atoms with Gasteiger partial charge in [-0.25, -0.2) is 4.79 Å². The molecule has 1 saturated heterocycles. The molecule has 1 aliphatic rings. The SMILES string of the molecule is NC(=O)N1CC/C(=C/c2ccccc2)C1=O. The van der Waals surface area contributed by atoms with Gasteiger partial charge in [-0.15, -0.1) is 0 Å². The number of likely N-dealkylation sites (tertiary alicyclic amines) is 1. The van der Waals surface area contributed by atoms with Gasteiger partial charge in [0.15, 0.2) is 0 Å². The van der Waals surface area contributed by atoms with E-state index in [0.29, 0.717) is 18.5 Å². The maximum absolute atomic E-state index is 11.7. The molecule has 0 aliphatic carbocycles. The Hall–Kier alpha value is -2.10. The number of urea groups is 1. The molecule has 0 aromatic heterocycles. The summed E-state index contributed by atoms with van der Waals surface area (Å²) in [6.45, 7) is 0.382. The Kier molecular flexibility index (Phi) is 2.72. The first kappa shape index (κ1) is 10.4. The van der Waals surface area contributed by atoms with E-state index in [9.17, 15) is 9.59 Å². The van der Waals surface area contributed by atoms with E-state index in [0.717, 1.165) is 10.5 Å². The number of nitrogens with two attached hydrogens (primary N) is 1. The molecule has 1 aromatic carbocycles. The monoisotopic (exact) mass is 216 g/mol. The molecule has 1 aromatic rings. The summed E-state index contributed by atoms with van der Waals surface area (Å²) in [5.41, 5.74) is 6.67. The minimum atomic E-state index is -0.679. The van der Waals surface area contributed by atoms with Crippen molar-refractivity contribution in [3.8, 4) is 0 Å². The van der Waals surface area contributed by atoms with Crippen LogP contribution in [0.4, 0.5) is 4.79 Å². The van der Waals surface area contributed by atoms with Gasteiger partial charge in [0.2, 0.25) is 0 Å². The van der Waals surface area contributed by atoms with Crippen LogP contribution in [0.1, 0.15) is 12.0 Å². The van der Waals surface area contributed by atoms with Crippen LogP contribution in [0.2, 0.25) is 0 Å². The molecule has 2 N–H and O–H groups in total. The normalized spacial score (nSPS) is 18.1. The van der Waals surface area contributed by atoms with Gasteiger partial charge in [-0.3, -0.25) is 9.69 Å². The average Bonchev–Trinajstić information content (AvgIpc) is 2.62. The molecule has 1 heterocycles. The number of imide groups is 1. The van der Waals surface area contributed by atoms with Gasteiger partial charge in [-0.1, -0.05) is 30.3 Å². The summed E-state index contributed by atoms with van der Waals surface area (Å²) in [4.78, 5) is 23.7. The zero-order valence-electron chi connectivity index (χ0n) is 8.72. The fraction of sp³-hybridized carbons (Fsp3) is 0.167. The summed E-state index contributed by atoms with van der Waals surface area (Å²) in [5.74, 6) is -0.281. The minimum Gasteiger partial charge on any atom is -0.351 e. The number of nitrogens with zero attached hydrogens (tertiary/aromatic N) is 1. The Labute approximate surface area is 93.3 Å². The second-order valence-electron chi connectivity index (χ2n) is 3.63. The zero-order chi connectivity index (χ0) is 11.5. The van der Waals surface area contributed by atoms with Crippen molar-refractivity contribution in [1.82, 2.24) is 4.90 Å². The lowest BCUT2D eigenvalue weighted by Gasteiger charge is -2.07. The molecule has 0 atom stereocenters. The number of benzene rings is 1. The van der Waals surface area contributed by atoms with Gasteiger partial charge >= 0.3 is 6.03 Å². The first-order chi connectivity index (χ1) is 7.68. The third kappa shape index (κ3) is 1.95. The second-order valence-corrected chi connectivity index (χ2v) is 3.63. The van der Waals surface area contributed by atoms with Crippen LogP contribution in [0.3, 0.4) is 0 Å². The van der Waals surface area contributed by atoms with Crippen LogP contribution in [-0.2, 0) is 4.79 Å². The molecule has 2 rings (SSSR count). The average molecular weight is 216 g/mol. The fourth-order valence-corrected chi connectivity index (χ4v) is 1.71. The van der Waals surface area contributed by atoms with E-state index in [-0.39, 0.29) is 5.91 Å². The summed E-state index contributed by atoms with van der Waals surface area (Å²) >= 11 is 0. The van der Waals surface area contributed by atoms with Crippen LogP contribution in [0, 0.1) is 0 Å². The lowest BCUT2D eigenvalue weighted by Crippen LogP contribution is -2.36. The third-order valence-electron chi connectivity index (χ3n) is 2.53. The number of carbonyl (C=O) groups excluding carboxylic acids is 2. The van der Waals surface area contributed by atoms with Crippen molar-refractivity contribution >= 4 is 18.0 Å². The molecule has 0 spiro atoms. The molecule has 0 unspecified atom stereocenters. The quantitative estimate of drug-likeness (QED) is 0.721. The summed E-state index contributed by atoms with van der Waals surface area (Å²) in [6, 6.07) is 8.85. The molecular formula is C12H12N2O2. The number of primary amides is 1. The molecule has 1 aliphatic heterocycles. The van der Waals surface area contributed by atoms with Crippen LogP contribution in [-0.4, -0.2) is 23.4 Å². The van der Waals surface area contributed by atoms with Gasteiger partial charge < -0.3 is 5.73 Å². The van der Waals surface area contributed by atoms with Crippen LogP contribution in [0.25, 0.3) is 6.08 Å². The minimum absolute atomic E-state index is 0.281. The highest BCUT2D eigenvalue weighted by Gasteiger charge is 2.29. The van der Waals surface area contributed by atoms with Crippen molar-refractivity contribution in [3.05, 3.63) is 41.5 Å². The number of hydrogen-bond donors (Lipinski definition) is 1. The molecule has 0 saturated carbocycles. The Morgan fingerprint density at radius 2 is 2.00 bits per heavy atom.